The van der Waals surface area contributed by atoms with Gasteiger partial charge in [0.05, 0.1) is 6.42 Å². The van der Waals surface area contributed by atoms with Crippen LogP contribution in [0.2, 0.25) is 0 Å². The molecule has 2 heteroatoms. The van der Waals surface area contributed by atoms with Crippen molar-refractivity contribution >= 4 is 5.91 Å². The molecule has 0 radical (unpaired) electrons. The van der Waals surface area contributed by atoms with Gasteiger partial charge in [0.15, 0.2) is 0 Å². The fourth-order valence-electron chi connectivity index (χ4n) is 2.87. The molecular weight excluding hydrogens is 222 g/mol. The molecule has 18 heavy (non-hydrogen) atoms. The Kier molecular flexibility index (Phi) is 4.05. The summed E-state index contributed by atoms with van der Waals surface area (Å²) >= 11 is 0. The highest BCUT2D eigenvalue weighted by Crippen LogP contribution is 2.24. The van der Waals surface area contributed by atoms with Crippen LogP contribution in [-0.4, -0.2) is 23.4 Å². The number of likely N-dealkylation sites (tertiary alicyclic amines) is 1. The van der Waals surface area contributed by atoms with Crippen LogP contribution >= 0.6 is 0 Å². The minimum absolute atomic E-state index is 0.292. The molecule has 1 amide bonds. The van der Waals surface area contributed by atoms with Gasteiger partial charge in [-0.15, -0.1) is 0 Å². The lowest BCUT2D eigenvalue weighted by Gasteiger charge is -2.28. The van der Waals surface area contributed by atoms with E-state index >= 15 is 0 Å². The molecule has 2 rings (SSSR count). The SMILES string of the molecule is Cc1ccccc1CC(=O)N1CCCC1C(C)C. The summed E-state index contributed by atoms with van der Waals surface area (Å²) in [7, 11) is 0. The predicted molar refractivity (Wildman–Crippen MR) is 74.5 cm³/mol. The fourth-order valence-corrected chi connectivity index (χ4v) is 2.87. The molecule has 0 aromatic heterocycles. The molecule has 1 saturated heterocycles. The maximum absolute atomic E-state index is 12.4. The Balaban J connectivity index is 2.06. The molecule has 1 aliphatic rings. The monoisotopic (exact) mass is 245 g/mol. The zero-order valence-corrected chi connectivity index (χ0v) is 11.6. The average molecular weight is 245 g/mol. The lowest BCUT2D eigenvalue weighted by Crippen LogP contribution is -2.39. The number of hydrogen-bond donors (Lipinski definition) is 0. The van der Waals surface area contributed by atoms with Gasteiger partial charge in [-0.05, 0) is 36.8 Å². The van der Waals surface area contributed by atoms with Gasteiger partial charge in [0.1, 0.15) is 0 Å². The Hall–Kier alpha value is -1.31. The van der Waals surface area contributed by atoms with Gasteiger partial charge in [-0.1, -0.05) is 38.1 Å². The van der Waals surface area contributed by atoms with Crippen molar-refractivity contribution in [2.24, 2.45) is 5.92 Å². The number of carbonyl (C=O) groups excluding carboxylic acids is 1. The Bertz CT molecular complexity index is 425. The number of carbonyl (C=O) groups is 1. The molecule has 0 saturated carbocycles. The summed E-state index contributed by atoms with van der Waals surface area (Å²) in [6.07, 6.45) is 2.87. The van der Waals surface area contributed by atoms with Crippen LogP contribution in [0.4, 0.5) is 0 Å². The van der Waals surface area contributed by atoms with Crippen molar-refractivity contribution < 1.29 is 4.79 Å². The fraction of sp³-hybridized carbons (Fsp3) is 0.562. The highest BCUT2D eigenvalue weighted by atomic mass is 16.2. The van der Waals surface area contributed by atoms with E-state index in [2.05, 4.69) is 37.8 Å². The number of amides is 1. The van der Waals surface area contributed by atoms with Gasteiger partial charge in [-0.25, -0.2) is 0 Å². The van der Waals surface area contributed by atoms with Crippen molar-refractivity contribution in [1.29, 1.82) is 0 Å². The molecule has 0 spiro atoms. The van der Waals surface area contributed by atoms with Gasteiger partial charge in [0.2, 0.25) is 5.91 Å². The van der Waals surface area contributed by atoms with E-state index in [9.17, 15) is 4.79 Å². The van der Waals surface area contributed by atoms with E-state index < -0.39 is 0 Å². The van der Waals surface area contributed by atoms with E-state index in [1.54, 1.807) is 0 Å². The minimum atomic E-state index is 0.292. The molecule has 0 N–H and O–H groups in total. The normalized spacial score (nSPS) is 19.6. The molecule has 1 unspecified atom stereocenters. The van der Waals surface area contributed by atoms with Crippen LogP contribution in [0.15, 0.2) is 24.3 Å². The summed E-state index contributed by atoms with van der Waals surface area (Å²) in [6.45, 7) is 7.44. The summed E-state index contributed by atoms with van der Waals surface area (Å²) in [6, 6.07) is 8.62. The maximum Gasteiger partial charge on any atom is 0.227 e. The maximum atomic E-state index is 12.4. The van der Waals surface area contributed by atoms with Crippen molar-refractivity contribution in [3.63, 3.8) is 0 Å². The third-order valence-electron chi connectivity index (χ3n) is 3.99. The van der Waals surface area contributed by atoms with Crippen LogP contribution in [0, 0.1) is 12.8 Å². The quantitative estimate of drug-likeness (QED) is 0.801. The highest BCUT2D eigenvalue weighted by molar-refractivity contribution is 5.79. The summed E-state index contributed by atoms with van der Waals surface area (Å²) in [5.41, 5.74) is 2.38. The second-order valence-corrected chi connectivity index (χ2v) is 5.64. The Morgan fingerprint density at radius 3 is 2.78 bits per heavy atom. The lowest BCUT2D eigenvalue weighted by molar-refractivity contribution is -0.132. The first-order valence-corrected chi connectivity index (χ1v) is 6.93. The van der Waals surface area contributed by atoms with E-state index in [-0.39, 0.29) is 0 Å². The molecule has 0 aliphatic carbocycles. The zero-order valence-electron chi connectivity index (χ0n) is 11.6. The van der Waals surface area contributed by atoms with Gasteiger partial charge < -0.3 is 4.90 Å². The molecule has 1 fully saturated rings. The van der Waals surface area contributed by atoms with Crippen LogP contribution in [0.3, 0.4) is 0 Å². The molecule has 2 nitrogen and oxygen atoms in total. The van der Waals surface area contributed by atoms with E-state index in [4.69, 9.17) is 0 Å². The van der Waals surface area contributed by atoms with Gasteiger partial charge >= 0.3 is 0 Å². The number of benzene rings is 1. The smallest absolute Gasteiger partial charge is 0.227 e. The van der Waals surface area contributed by atoms with Gasteiger partial charge in [-0.3, -0.25) is 4.79 Å². The topological polar surface area (TPSA) is 20.3 Å². The van der Waals surface area contributed by atoms with Crippen molar-refractivity contribution in [2.75, 3.05) is 6.54 Å². The largest absolute Gasteiger partial charge is 0.339 e. The molecule has 1 aromatic rings. The zero-order chi connectivity index (χ0) is 13.1. The van der Waals surface area contributed by atoms with E-state index in [1.807, 2.05) is 12.1 Å². The summed E-state index contributed by atoms with van der Waals surface area (Å²) in [4.78, 5) is 14.5. The predicted octanol–water partition coefficient (Wildman–Crippen LogP) is 3.18. The third kappa shape index (κ3) is 2.74. The number of nitrogens with zero attached hydrogens (tertiary/aromatic N) is 1. The summed E-state index contributed by atoms with van der Waals surface area (Å²) in [5.74, 6) is 0.855. The minimum Gasteiger partial charge on any atom is -0.339 e. The van der Waals surface area contributed by atoms with Crippen molar-refractivity contribution in [3.05, 3.63) is 35.4 Å². The van der Waals surface area contributed by atoms with Crippen LogP contribution in [0.1, 0.15) is 37.8 Å². The van der Waals surface area contributed by atoms with Crippen molar-refractivity contribution in [3.8, 4) is 0 Å². The second-order valence-electron chi connectivity index (χ2n) is 5.64. The first kappa shape index (κ1) is 13.1. The molecule has 1 aromatic carbocycles. The van der Waals surface area contributed by atoms with Crippen LogP contribution in [0.5, 0.6) is 0 Å². The third-order valence-corrected chi connectivity index (χ3v) is 3.99. The average Bonchev–Trinajstić information content (AvgIpc) is 2.81. The van der Waals surface area contributed by atoms with E-state index in [1.165, 1.54) is 5.56 Å². The van der Waals surface area contributed by atoms with Crippen molar-refractivity contribution in [1.82, 2.24) is 4.90 Å². The van der Waals surface area contributed by atoms with Gasteiger partial charge in [-0.2, -0.15) is 0 Å². The molecule has 0 bridgehead atoms. The first-order valence-electron chi connectivity index (χ1n) is 6.93. The Morgan fingerprint density at radius 1 is 1.39 bits per heavy atom. The number of hydrogen-bond acceptors (Lipinski definition) is 1. The molecule has 98 valence electrons. The van der Waals surface area contributed by atoms with E-state index in [0.29, 0.717) is 24.3 Å². The van der Waals surface area contributed by atoms with Gasteiger partial charge in [0, 0.05) is 12.6 Å². The molecular formula is C16H23NO. The van der Waals surface area contributed by atoms with Crippen LogP contribution < -0.4 is 0 Å². The molecule has 1 heterocycles. The summed E-state index contributed by atoms with van der Waals surface area (Å²) in [5, 5.41) is 0. The number of rotatable bonds is 3. The van der Waals surface area contributed by atoms with Crippen LogP contribution in [-0.2, 0) is 11.2 Å². The van der Waals surface area contributed by atoms with E-state index in [0.717, 1.165) is 24.9 Å². The molecule has 1 atom stereocenters. The van der Waals surface area contributed by atoms with Gasteiger partial charge in [0.25, 0.3) is 0 Å². The first-order chi connectivity index (χ1) is 8.59. The number of aryl methyl sites for hydroxylation is 1. The summed E-state index contributed by atoms with van der Waals surface area (Å²) < 4.78 is 0. The molecule has 1 aliphatic heterocycles. The van der Waals surface area contributed by atoms with Crippen molar-refractivity contribution in [2.45, 2.75) is 46.1 Å². The Labute approximate surface area is 110 Å². The standard InChI is InChI=1S/C16H23NO/c1-12(2)15-9-6-10-17(15)16(18)11-14-8-5-4-7-13(14)3/h4-5,7-8,12,15H,6,9-11H2,1-3H3. The second kappa shape index (κ2) is 5.55. The Morgan fingerprint density at radius 2 is 2.11 bits per heavy atom. The van der Waals surface area contributed by atoms with Crippen LogP contribution in [0.25, 0.3) is 0 Å². The lowest BCUT2D eigenvalue weighted by atomic mass is 10.0. The highest BCUT2D eigenvalue weighted by Gasteiger charge is 2.30.